The van der Waals surface area contributed by atoms with E-state index in [1.165, 1.54) is 0 Å². The van der Waals surface area contributed by atoms with Crippen LogP contribution in [-0.2, 0) is 0 Å². The summed E-state index contributed by atoms with van der Waals surface area (Å²) in [5.41, 5.74) is 0. The Bertz CT molecular complexity index is 381. The van der Waals surface area contributed by atoms with Crippen LogP contribution in [0.1, 0.15) is 20.8 Å². The minimum absolute atomic E-state index is 0.300. The molecule has 0 amide bonds. The lowest BCUT2D eigenvalue weighted by Crippen LogP contribution is -2.43. The summed E-state index contributed by atoms with van der Waals surface area (Å²) in [6.45, 7) is 9.59. The van der Waals surface area contributed by atoms with Crippen molar-refractivity contribution in [3.05, 3.63) is 12.4 Å². The number of anilines is 2. The van der Waals surface area contributed by atoms with Crippen LogP contribution in [0.3, 0.4) is 0 Å². The first-order valence-corrected chi connectivity index (χ1v) is 7.04. The summed E-state index contributed by atoms with van der Waals surface area (Å²) in [7, 11) is 0. The van der Waals surface area contributed by atoms with E-state index in [1.54, 1.807) is 6.20 Å². The molecule has 4 nitrogen and oxygen atoms in total. The van der Waals surface area contributed by atoms with Gasteiger partial charge < -0.3 is 10.2 Å². The van der Waals surface area contributed by atoms with Crippen LogP contribution in [0.5, 0.6) is 0 Å². The van der Waals surface area contributed by atoms with E-state index >= 15 is 0 Å². The Morgan fingerprint density at radius 2 is 2.29 bits per heavy atom. The van der Waals surface area contributed by atoms with Crippen molar-refractivity contribution in [1.82, 2.24) is 9.97 Å². The molecule has 2 rings (SSSR count). The molecule has 0 bridgehead atoms. The summed E-state index contributed by atoms with van der Waals surface area (Å²) < 4.78 is 0.300. The van der Waals surface area contributed by atoms with Gasteiger partial charge in [0.1, 0.15) is 11.6 Å². The van der Waals surface area contributed by atoms with Crippen molar-refractivity contribution >= 4 is 23.4 Å². The molecule has 0 atom stereocenters. The highest BCUT2D eigenvalue weighted by Crippen LogP contribution is 2.31. The maximum Gasteiger partial charge on any atom is 0.149 e. The van der Waals surface area contributed by atoms with E-state index in [4.69, 9.17) is 0 Å². The van der Waals surface area contributed by atoms with E-state index in [9.17, 15) is 0 Å². The van der Waals surface area contributed by atoms with Crippen LogP contribution in [0.4, 0.5) is 11.6 Å². The van der Waals surface area contributed by atoms with Gasteiger partial charge in [-0.1, -0.05) is 0 Å². The van der Waals surface area contributed by atoms with Gasteiger partial charge in [0.2, 0.25) is 0 Å². The molecule has 0 aromatic carbocycles. The number of rotatable bonds is 3. The zero-order valence-corrected chi connectivity index (χ0v) is 11.5. The number of thioether (sulfide) groups is 1. The van der Waals surface area contributed by atoms with E-state index in [2.05, 4.69) is 41.0 Å². The molecular formula is C12H20N4S. The van der Waals surface area contributed by atoms with Crippen LogP contribution in [-0.4, -0.2) is 40.1 Å². The van der Waals surface area contributed by atoms with Crippen molar-refractivity contribution in [3.8, 4) is 0 Å². The summed E-state index contributed by atoms with van der Waals surface area (Å²) in [6.07, 6.45) is 3.63. The molecule has 0 unspecified atom stereocenters. The fourth-order valence-corrected chi connectivity index (χ4v) is 3.10. The van der Waals surface area contributed by atoms with E-state index in [-0.39, 0.29) is 0 Å². The molecule has 2 heterocycles. The Kier molecular flexibility index (Phi) is 3.76. The fraction of sp³-hybridized carbons (Fsp3) is 0.667. The van der Waals surface area contributed by atoms with Gasteiger partial charge in [-0.2, -0.15) is 11.8 Å². The van der Waals surface area contributed by atoms with Crippen LogP contribution in [0.15, 0.2) is 12.4 Å². The van der Waals surface area contributed by atoms with Gasteiger partial charge in [0.05, 0.1) is 12.4 Å². The largest absolute Gasteiger partial charge is 0.369 e. The van der Waals surface area contributed by atoms with E-state index in [0.29, 0.717) is 4.75 Å². The lowest BCUT2D eigenvalue weighted by molar-refractivity contribution is 0.641. The summed E-state index contributed by atoms with van der Waals surface area (Å²) in [6, 6.07) is 0. The van der Waals surface area contributed by atoms with Gasteiger partial charge in [0.15, 0.2) is 0 Å². The Labute approximate surface area is 107 Å². The first-order chi connectivity index (χ1) is 8.11. The molecule has 1 aliphatic rings. The van der Waals surface area contributed by atoms with Gasteiger partial charge in [-0.3, -0.25) is 4.98 Å². The Morgan fingerprint density at radius 1 is 1.47 bits per heavy atom. The van der Waals surface area contributed by atoms with Gasteiger partial charge in [-0.25, -0.2) is 4.98 Å². The number of hydrogen-bond acceptors (Lipinski definition) is 5. The first kappa shape index (κ1) is 12.5. The Hall–Kier alpha value is -0.970. The zero-order chi connectivity index (χ0) is 12.3. The van der Waals surface area contributed by atoms with Gasteiger partial charge >= 0.3 is 0 Å². The molecular weight excluding hydrogens is 232 g/mol. The molecule has 94 valence electrons. The molecule has 1 aliphatic heterocycles. The normalized spacial score (nSPS) is 19.1. The van der Waals surface area contributed by atoms with Gasteiger partial charge in [-0.15, -0.1) is 0 Å². The minimum atomic E-state index is 0.300. The van der Waals surface area contributed by atoms with E-state index < -0.39 is 0 Å². The molecule has 0 saturated carbocycles. The molecule has 0 radical (unpaired) electrons. The SMILES string of the molecule is CCNc1cncc(N2CCSC(C)(C)C2)n1. The van der Waals surface area contributed by atoms with Crippen molar-refractivity contribution in [2.45, 2.75) is 25.5 Å². The highest BCUT2D eigenvalue weighted by atomic mass is 32.2. The smallest absolute Gasteiger partial charge is 0.149 e. The molecule has 0 spiro atoms. The molecule has 1 aromatic rings. The van der Waals surface area contributed by atoms with E-state index in [1.807, 2.05) is 18.0 Å². The predicted molar refractivity (Wildman–Crippen MR) is 74.9 cm³/mol. The summed E-state index contributed by atoms with van der Waals surface area (Å²) in [5.74, 6) is 3.00. The molecule has 0 aliphatic carbocycles. The van der Waals surface area contributed by atoms with Crippen LogP contribution >= 0.6 is 11.8 Å². The average molecular weight is 252 g/mol. The molecule has 1 N–H and O–H groups in total. The Morgan fingerprint density at radius 3 is 3.00 bits per heavy atom. The highest BCUT2D eigenvalue weighted by Gasteiger charge is 2.27. The fourth-order valence-electron chi connectivity index (χ4n) is 1.99. The third-order valence-electron chi connectivity index (χ3n) is 2.73. The lowest BCUT2D eigenvalue weighted by Gasteiger charge is -2.38. The van der Waals surface area contributed by atoms with Crippen LogP contribution < -0.4 is 10.2 Å². The summed E-state index contributed by atoms with van der Waals surface area (Å²) in [5, 5.41) is 3.20. The second-order valence-corrected chi connectivity index (χ2v) is 6.62. The van der Waals surface area contributed by atoms with Crippen LogP contribution in [0.25, 0.3) is 0 Å². The quantitative estimate of drug-likeness (QED) is 0.893. The second-order valence-electron chi connectivity index (χ2n) is 4.82. The Balaban J connectivity index is 2.13. The van der Waals surface area contributed by atoms with Crippen molar-refractivity contribution < 1.29 is 0 Å². The van der Waals surface area contributed by atoms with Crippen LogP contribution in [0.2, 0.25) is 0 Å². The summed E-state index contributed by atoms with van der Waals surface area (Å²) in [4.78, 5) is 11.2. The highest BCUT2D eigenvalue weighted by molar-refractivity contribution is 8.00. The zero-order valence-electron chi connectivity index (χ0n) is 10.7. The number of nitrogens with zero attached hydrogens (tertiary/aromatic N) is 3. The number of hydrogen-bond donors (Lipinski definition) is 1. The molecule has 5 heteroatoms. The lowest BCUT2D eigenvalue weighted by atomic mass is 10.2. The number of aromatic nitrogens is 2. The topological polar surface area (TPSA) is 41.1 Å². The minimum Gasteiger partial charge on any atom is -0.369 e. The molecule has 1 saturated heterocycles. The summed E-state index contributed by atoms with van der Waals surface area (Å²) >= 11 is 2.03. The molecule has 1 fully saturated rings. The van der Waals surface area contributed by atoms with E-state index in [0.717, 1.165) is 37.0 Å². The van der Waals surface area contributed by atoms with Crippen molar-refractivity contribution in [2.24, 2.45) is 0 Å². The first-order valence-electron chi connectivity index (χ1n) is 6.05. The second kappa shape index (κ2) is 5.12. The molecule has 17 heavy (non-hydrogen) atoms. The maximum absolute atomic E-state index is 4.59. The van der Waals surface area contributed by atoms with Crippen molar-refractivity contribution in [3.63, 3.8) is 0 Å². The number of nitrogens with one attached hydrogen (secondary N) is 1. The maximum atomic E-state index is 4.59. The van der Waals surface area contributed by atoms with Crippen LogP contribution in [0, 0.1) is 0 Å². The monoisotopic (exact) mass is 252 g/mol. The van der Waals surface area contributed by atoms with Gasteiger partial charge in [0, 0.05) is 30.1 Å². The third kappa shape index (κ3) is 3.25. The standard InChI is InChI=1S/C12H20N4S/c1-4-14-10-7-13-8-11(15-10)16-5-6-17-12(2,3)9-16/h7-8H,4-6,9H2,1-3H3,(H,14,15). The predicted octanol–water partition coefficient (Wildman–Crippen LogP) is 2.24. The average Bonchev–Trinajstić information content (AvgIpc) is 2.28. The third-order valence-corrected chi connectivity index (χ3v) is 4.03. The van der Waals surface area contributed by atoms with Crippen molar-refractivity contribution in [2.75, 3.05) is 35.6 Å². The van der Waals surface area contributed by atoms with Gasteiger partial charge in [-0.05, 0) is 20.8 Å². The molecule has 1 aromatic heterocycles. The van der Waals surface area contributed by atoms with Crippen molar-refractivity contribution in [1.29, 1.82) is 0 Å². The van der Waals surface area contributed by atoms with Gasteiger partial charge in [0.25, 0.3) is 0 Å².